The average molecular weight is 817 g/mol. The maximum Gasteiger partial charge on any atom is 0.407 e. The summed E-state index contributed by atoms with van der Waals surface area (Å²) in [5.41, 5.74) is 6.81. The van der Waals surface area contributed by atoms with Gasteiger partial charge in [-0.2, -0.15) is 0 Å². The molecule has 4 atom stereocenters. The number of amides is 4. The molecule has 0 saturated carbocycles. The molecule has 3 aromatic carbocycles. The van der Waals surface area contributed by atoms with E-state index in [1.807, 2.05) is 49.9 Å². The smallest absolute Gasteiger partial charge is 0.407 e. The minimum atomic E-state index is -0.698. The Labute approximate surface area is 348 Å². The highest BCUT2D eigenvalue weighted by Gasteiger charge is 2.39. The van der Waals surface area contributed by atoms with Gasteiger partial charge < -0.3 is 44.6 Å². The number of aromatic amines is 2. The zero-order valence-corrected chi connectivity index (χ0v) is 34.8. The molecule has 2 aromatic heterocycles. The van der Waals surface area contributed by atoms with Crippen molar-refractivity contribution in [1.29, 1.82) is 0 Å². The fraction of sp³-hybridized carbons (Fsp3) is 0.422. The predicted molar refractivity (Wildman–Crippen MR) is 225 cm³/mol. The molecule has 15 nitrogen and oxygen atoms in total. The molecule has 2 saturated heterocycles. The zero-order chi connectivity index (χ0) is 42.2. The molecule has 4 amide bonds. The molecule has 15 heteroatoms. The van der Waals surface area contributed by atoms with Gasteiger partial charge in [0.15, 0.2) is 0 Å². The van der Waals surface area contributed by atoms with Crippen LogP contribution in [-0.2, 0) is 25.7 Å². The van der Waals surface area contributed by atoms with Crippen molar-refractivity contribution >= 4 is 34.8 Å². The molecule has 0 radical (unpaired) electrons. The van der Waals surface area contributed by atoms with Crippen LogP contribution in [0.1, 0.15) is 82.7 Å². The van der Waals surface area contributed by atoms with Gasteiger partial charge in [-0.15, -0.1) is 0 Å². The molecule has 0 aliphatic carbocycles. The molecule has 60 heavy (non-hydrogen) atoms. The second kappa shape index (κ2) is 16.7. The first-order chi connectivity index (χ1) is 28.9. The first kappa shape index (κ1) is 40.4. The Morgan fingerprint density at radius 1 is 0.717 bits per heavy atom. The molecule has 5 aromatic rings. The van der Waals surface area contributed by atoms with Gasteiger partial charge in [0.2, 0.25) is 11.8 Å². The molecule has 0 spiro atoms. The number of hydrogen-bond donors (Lipinski definition) is 4. The van der Waals surface area contributed by atoms with Crippen molar-refractivity contribution in [3.63, 3.8) is 0 Å². The number of nitrogens with one attached hydrogen (secondary N) is 4. The highest BCUT2D eigenvalue weighted by molar-refractivity contribution is 5.98. The minimum absolute atomic E-state index is 0.114. The van der Waals surface area contributed by atoms with Crippen molar-refractivity contribution < 1.29 is 33.4 Å². The first-order valence-corrected chi connectivity index (χ1v) is 20.7. The number of alkyl carbamates (subject to hydrolysis) is 2. The van der Waals surface area contributed by atoms with Crippen molar-refractivity contribution in [1.82, 2.24) is 40.4 Å². The number of nitrogens with zero attached hydrogens (tertiary/aromatic N) is 4. The zero-order valence-electron chi connectivity index (χ0n) is 34.8. The standard InChI is InChI=1S/C45H52N8O7/c1-24(2)37(50-44(56)58-5)42(54)52-17-7-9-35(52)40-46-21-33(48-40)27-13-15-31-26(19-27)11-16-32-30-14-12-28(20-29(30)23-60-39(31)32)34-22-47-41(49-34)36-10-8-18-53(36)43(55)38(25(3)4)51-45(57)59-6/h11-16,19-22,24-25,35-38H,7-10,17-18,23H2,1-6H3,(H,46,48)(H,47,49)(H,50,56)(H,51,57). The lowest BCUT2D eigenvalue weighted by atomic mass is 9.92. The third-order valence-corrected chi connectivity index (χ3v) is 12.0. The van der Waals surface area contributed by atoms with Crippen LogP contribution in [0.15, 0.2) is 60.9 Å². The molecule has 3 aliphatic heterocycles. The Kier molecular flexibility index (Phi) is 11.2. The van der Waals surface area contributed by atoms with Crippen molar-refractivity contribution in [2.75, 3.05) is 27.3 Å². The molecular formula is C45H52N8O7. The number of rotatable bonds is 10. The maximum atomic E-state index is 13.6. The number of H-pyrrole nitrogens is 2. The van der Waals surface area contributed by atoms with E-state index in [0.717, 1.165) is 81.4 Å². The third-order valence-electron chi connectivity index (χ3n) is 12.0. The first-order valence-electron chi connectivity index (χ1n) is 20.7. The van der Waals surface area contributed by atoms with Gasteiger partial charge in [0.25, 0.3) is 0 Å². The molecule has 5 heterocycles. The lowest BCUT2D eigenvalue weighted by Gasteiger charge is -2.30. The Morgan fingerprint density at radius 2 is 1.23 bits per heavy atom. The van der Waals surface area contributed by atoms with Crippen LogP contribution in [0, 0.1) is 11.8 Å². The van der Waals surface area contributed by atoms with Crippen molar-refractivity contribution in [3.05, 3.63) is 78.1 Å². The van der Waals surface area contributed by atoms with Gasteiger partial charge in [-0.05, 0) is 77.8 Å². The SMILES string of the molecule is COC(=O)NC(C(=O)N1CCCC1c1ncc(-c2ccc3c(c2)COc2c-3ccc3cc(-c4cnc(C5CCCN5C(=O)C(NC(=O)OC)C(C)C)[nH]4)ccc23)[nH]1)C(C)C. The molecule has 314 valence electrons. The van der Waals surface area contributed by atoms with E-state index in [0.29, 0.717) is 31.3 Å². The Balaban J connectivity index is 0.985. The Bertz CT molecular complexity index is 2440. The van der Waals surface area contributed by atoms with Gasteiger partial charge in [0, 0.05) is 29.6 Å². The van der Waals surface area contributed by atoms with Crippen molar-refractivity contribution in [2.45, 2.75) is 84.2 Å². The fourth-order valence-corrected chi connectivity index (χ4v) is 8.82. The van der Waals surface area contributed by atoms with Crippen LogP contribution < -0.4 is 15.4 Å². The number of methoxy groups -OCH3 is 2. The van der Waals surface area contributed by atoms with E-state index in [4.69, 9.17) is 24.2 Å². The lowest BCUT2D eigenvalue weighted by Crippen LogP contribution is -2.51. The summed E-state index contributed by atoms with van der Waals surface area (Å²) in [5, 5.41) is 7.44. The van der Waals surface area contributed by atoms with E-state index in [9.17, 15) is 19.2 Å². The molecule has 2 fully saturated rings. The summed E-state index contributed by atoms with van der Waals surface area (Å²) in [5.74, 6) is 1.75. The molecule has 4 unspecified atom stereocenters. The summed E-state index contributed by atoms with van der Waals surface area (Å²) in [6.45, 7) is 9.18. The molecule has 8 rings (SSSR count). The summed E-state index contributed by atoms with van der Waals surface area (Å²) in [7, 11) is 2.58. The van der Waals surface area contributed by atoms with E-state index in [-0.39, 0.29) is 35.7 Å². The van der Waals surface area contributed by atoms with Gasteiger partial charge >= 0.3 is 12.2 Å². The number of aromatic nitrogens is 4. The van der Waals surface area contributed by atoms with E-state index in [1.165, 1.54) is 14.2 Å². The van der Waals surface area contributed by atoms with Crippen LogP contribution in [0.5, 0.6) is 5.75 Å². The van der Waals surface area contributed by atoms with Gasteiger partial charge in [-0.25, -0.2) is 19.6 Å². The van der Waals surface area contributed by atoms with Crippen LogP contribution in [0.4, 0.5) is 9.59 Å². The molecular weight excluding hydrogens is 765 g/mol. The monoisotopic (exact) mass is 816 g/mol. The third kappa shape index (κ3) is 7.64. The highest BCUT2D eigenvalue weighted by atomic mass is 16.5. The van der Waals surface area contributed by atoms with E-state index in [1.54, 1.807) is 0 Å². The number of hydrogen-bond acceptors (Lipinski definition) is 9. The number of benzene rings is 3. The Morgan fingerprint density at radius 3 is 1.77 bits per heavy atom. The van der Waals surface area contributed by atoms with Crippen LogP contribution in [0.3, 0.4) is 0 Å². The Hall–Kier alpha value is -6.38. The van der Waals surface area contributed by atoms with E-state index >= 15 is 0 Å². The lowest BCUT2D eigenvalue weighted by molar-refractivity contribution is -0.136. The summed E-state index contributed by atoms with van der Waals surface area (Å²) in [6, 6.07) is 15.0. The average Bonchev–Trinajstić information content (AvgIpc) is 4.10. The number of fused-ring (bicyclic) bond motifs is 5. The second-order valence-corrected chi connectivity index (χ2v) is 16.5. The number of likely N-dealkylation sites (tertiary alicyclic amines) is 2. The van der Waals surface area contributed by atoms with Gasteiger partial charge in [0.1, 0.15) is 36.1 Å². The number of ether oxygens (including phenoxy) is 3. The normalized spacial score (nSPS) is 18.2. The minimum Gasteiger partial charge on any atom is -0.488 e. The van der Waals surface area contributed by atoms with Crippen LogP contribution in [0.25, 0.3) is 44.4 Å². The highest BCUT2D eigenvalue weighted by Crippen LogP contribution is 2.44. The van der Waals surface area contributed by atoms with Crippen LogP contribution in [0.2, 0.25) is 0 Å². The summed E-state index contributed by atoms with van der Waals surface area (Å²) in [4.78, 5) is 71.3. The molecule has 0 bridgehead atoms. The topological polar surface area (TPSA) is 184 Å². The predicted octanol–water partition coefficient (Wildman–Crippen LogP) is 7.27. The van der Waals surface area contributed by atoms with Crippen molar-refractivity contribution in [2.24, 2.45) is 11.8 Å². The van der Waals surface area contributed by atoms with Crippen LogP contribution >= 0.6 is 0 Å². The van der Waals surface area contributed by atoms with E-state index in [2.05, 4.69) is 69.1 Å². The molecule has 3 aliphatic rings. The largest absolute Gasteiger partial charge is 0.488 e. The second-order valence-electron chi connectivity index (χ2n) is 16.5. The summed E-state index contributed by atoms with van der Waals surface area (Å²) in [6.07, 6.45) is 5.59. The van der Waals surface area contributed by atoms with Crippen molar-refractivity contribution in [3.8, 4) is 39.4 Å². The quantitative estimate of drug-likeness (QED) is 0.113. The summed E-state index contributed by atoms with van der Waals surface area (Å²) < 4.78 is 16.0. The number of imidazole rings is 2. The fourth-order valence-electron chi connectivity index (χ4n) is 8.82. The number of carbonyl (C=O) groups excluding carboxylic acids is 4. The van der Waals surface area contributed by atoms with Gasteiger partial charge in [-0.1, -0.05) is 58.0 Å². The van der Waals surface area contributed by atoms with Crippen LogP contribution in [-0.4, -0.2) is 93.1 Å². The number of carbonyl (C=O) groups is 4. The van der Waals surface area contributed by atoms with Gasteiger partial charge in [0.05, 0.1) is 50.1 Å². The molecule has 4 N–H and O–H groups in total. The van der Waals surface area contributed by atoms with Gasteiger partial charge in [-0.3, -0.25) is 9.59 Å². The van der Waals surface area contributed by atoms with E-state index < -0.39 is 24.3 Å². The summed E-state index contributed by atoms with van der Waals surface area (Å²) >= 11 is 0. The maximum absolute atomic E-state index is 13.6.